The summed E-state index contributed by atoms with van der Waals surface area (Å²) in [5.41, 5.74) is 2.39. The smallest absolute Gasteiger partial charge is 0.272 e. The monoisotopic (exact) mass is 318 g/mol. The number of aromatic nitrogens is 3. The van der Waals surface area contributed by atoms with Crippen LogP contribution in [0.15, 0.2) is 60.7 Å². The van der Waals surface area contributed by atoms with Crippen molar-refractivity contribution in [2.24, 2.45) is 0 Å². The number of carbonyl (C=O) groups excluding carboxylic acids is 1. The molecule has 0 aliphatic heterocycles. The van der Waals surface area contributed by atoms with Crippen molar-refractivity contribution < 1.29 is 4.79 Å². The quantitative estimate of drug-likeness (QED) is 0.801. The van der Waals surface area contributed by atoms with E-state index in [0.29, 0.717) is 11.5 Å². The maximum atomic E-state index is 12.6. The summed E-state index contributed by atoms with van der Waals surface area (Å²) in [6, 6.07) is 19.0. The predicted molar refractivity (Wildman–Crippen MR) is 93.3 cm³/mol. The van der Waals surface area contributed by atoms with Gasteiger partial charge in [-0.15, -0.1) is 10.2 Å². The van der Waals surface area contributed by atoms with Crippen molar-refractivity contribution in [1.29, 1.82) is 0 Å². The predicted octanol–water partition coefficient (Wildman–Crippen LogP) is 3.34. The van der Waals surface area contributed by atoms with E-state index in [4.69, 9.17) is 0 Å². The van der Waals surface area contributed by atoms with Gasteiger partial charge in [0, 0.05) is 17.2 Å². The number of carbonyl (C=O) groups is 1. The van der Waals surface area contributed by atoms with Crippen LogP contribution >= 0.6 is 0 Å². The lowest BCUT2D eigenvalue weighted by Crippen LogP contribution is -2.31. The molecule has 1 N–H and O–H groups in total. The molecule has 1 aromatic heterocycles. The molecule has 0 radical (unpaired) electrons. The molecule has 0 spiro atoms. The average Bonchev–Trinajstić information content (AvgIpc) is 2.62. The van der Waals surface area contributed by atoms with Gasteiger partial charge in [0.25, 0.3) is 5.91 Å². The van der Waals surface area contributed by atoms with Crippen LogP contribution in [-0.2, 0) is 0 Å². The Morgan fingerprint density at radius 3 is 2.04 bits per heavy atom. The van der Waals surface area contributed by atoms with E-state index in [9.17, 15) is 4.79 Å². The highest BCUT2D eigenvalue weighted by atomic mass is 16.2. The van der Waals surface area contributed by atoms with E-state index in [1.807, 2.05) is 74.5 Å². The maximum Gasteiger partial charge on any atom is 0.272 e. The molecular formula is C19H18N4O. The number of nitrogens with zero attached hydrogens (tertiary/aromatic N) is 3. The summed E-state index contributed by atoms with van der Waals surface area (Å²) in [6.45, 7) is 3.82. The molecule has 0 saturated carbocycles. The first kappa shape index (κ1) is 15.8. The van der Waals surface area contributed by atoms with Gasteiger partial charge in [0.05, 0.1) is 0 Å². The Bertz CT molecular complexity index is 833. The molecule has 1 heterocycles. The number of benzene rings is 2. The molecule has 3 rings (SSSR count). The molecule has 0 atom stereocenters. The van der Waals surface area contributed by atoms with E-state index in [0.717, 1.165) is 11.1 Å². The Hall–Kier alpha value is -3.08. The van der Waals surface area contributed by atoms with E-state index in [1.54, 1.807) is 0 Å². The second-order valence-electron chi connectivity index (χ2n) is 5.69. The normalized spacial score (nSPS) is 10.6. The highest BCUT2D eigenvalue weighted by Gasteiger charge is 2.19. The zero-order chi connectivity index (χ0) is 16.9. The van der Waals surface area contributed by atoms with Crippen LogP contribution in [0.4, 0.5) is 0 Å². The number of amides is 1. The second kappa shape index (κ2) is 7.00. The van der Waals surface area contributed by atoms with Gasteiger partial charge >= 0.3 is 0 Å². The summed E-state index contributed by atoms with van der Waals surface area (Å²) in [7, 11) is 0. The second-order valence-corrected chi connectivity index (χ2v) is 5.69. The van der Waals surface area contributed by atoms with Gasteiger partial charge in [-0.3, -0.25) is 4.79 Å². The largest absolute Gasteiger partial charge is 0.348 e. The van der Waals surface area contributed by atoms with Gasteiger partial charge in [0.15, 0.2) is 11.5 Å². The van der Waals surface area contributed by atoms with Gasteiger partial charge in [-0.05, 0) is 13.8 Å². The molecule has 0 fully saturated rings. The lowest BCUT2D eigenvalue weighted by atomic mass is 10.1. The molecule has 2 aromatic carbocycles. The van der Waals surface area contributed by atoms with Crippen molar-refractivity contribution in [2.75, 3.05) is 0 Å². The topological polar surface area (TPSA) is 67.8 Å². The minimum atomic E-state index is -0.254. The fourth-order valence-electron chi connectivity index (χ4n) is 2.31. The summed E-state index contributed by atoms with van der Waals surface area (Å²) in [6.07, 6.45) is 0. The van der Waals surface area contributed by atoms with Crippen LogP contribution in [0.5, 0.6) is 0 Å². The summed E-state index contributed by atoms with van der Waals surface area (Å²) < 4.78 is 0. The van der Waals surface area contributed by atoms with Gasteiger partial charge in [-0.2, -0.15) is 0 Å². The minimum Gasteiger partial charge on any atom is -0.348 e. The van der Waals surface area contributed by atoms with Crippen LogP contribution in [0.2, 0.25) is 0 Å². The first-order valence-electron chi connectivity index (χ1n) is 7.81. The first-order valence-corrected chi connectivity index (χ1v) is 7.81. The SMILES string of the molecule is CC(C)NC(=O)c1nc(-c2ccccc2)nnc1-c1ccccc1. The third-order valence-electron chi connectivity index (χ3n) is 3.40. The number of nitrogens with one attached hydrogen (secondary N) is 1. The van der Waals surface area contributed by atoms with E-state index in [1.165, 1.54) is 0 Å². The third-order valence-corrected chi connectivity index (χ3v) is 3.40. The average molecular weight is 318 g/mol. The standard InChI is InChI=1S/C19H18N4O/c1-13(2)20-19(24)17-16(14-9-5-3-6-10-14)22-23-18(21-17)15-11-7-4-8-12-15/h3-13H,1-2H3,(H,20,24). The Kier molecular flexibility index (Phi) is 4.61. The molecule has 0 aliphatic rings. The minimum absolute atomic E-state index is 0.0104. The van der Waals surface area contributed by atoms with Crippen LogP contribution < -0.4 is 5.32 Å². The van der Waals surface area contributed by atoms with E-state index in [2.05, 4.69) is 20.5 Å². The summed E-state index contributed by atoms with van der Waals surface area (Å²) >= 11 is 0. The lowest BCUT2D eigenvalue weighted by Gasteiger charge is -2.11. The Labute approximate surface area is 140 Å². The van der Waals surface area contributed by atoms with Crippen molar-refractivity contribution in [3.8, 4) is 22.6 Å². The molecule has 5 heteroatoms. The number of rotatable bonds is 4. The summed E-state index contributed by atoms with van der Waals surface area (Å²) in [5.74, 6) is 0.181. The summed E-state index contributed by atoms with van der Waals surface area (Å²) in [4.78, 5) is 17.1. The Balaban J connectivity index is 2.11. The van der Waals surface area contributed by atoms with E-state index < -0.39 is 0 Å². The van der Waals surface area contributed by atoms with Gasteiger partial charge in [0.2, 0.25) is 0 Å². The molecule has 0 aliphatic carbocycles. The molecule has 3 aromatic rings. The molecule has 0 bridgehead atoms. The van der Waals surface area contributed by atoms with Crippen molar-refractivity contribution in [1.82, 2.24) is 20.5 Å². The number of hydrogen-bond acceptors (Lipinski definition) is 4. The van der Waals surface area contributed by atoms with Crippen LogP contribution in [0.25, 0.3) is 22.6 Å². The van der Waals surface area contributed by atoms with Crippen molar-refractivity contribution in [3.05, 3.63) is 66.4 Å². The summed E-state index contributed by atoms with van der Waals surface area (Å²) in [5, 5.41) is 11.4. The van der Waals surface area contributed by atoms with Crippen LogP contribution in [-0.4, -0.2) is 27.1 Å². The molecule has 24 heavy (non-hydrogen) atoms. The molecule has 120 valence electrons. The first-order chi connectivity index (χ1) is 11.6. The number of hydrogen-bond donors (Lipinski definition) is 1. The Morgan fingerprint density at radius 2 is 1.46 bits per heavy atom. The Morgan fingerprint density at radius 1 is 0.875 bits per heavy atom. The zero-order valence-electron chi connectivity index (χ0n) is 13.6. The molecular weight excluding hydrogens is 300 g/mol. The van der Waals surface area contributed by atoms with Crippen LogP contribution in [0.1, 0.15) is 24.3 Å². The fraction of sp³-hybridized carbons (Fsp3) is 0.158. The lowest BCUT2D eigenvalue weighted by molar-refractivity contribution is 0.0938. The zero-order valence-corrected chi connectivity index (χ0v) is 13.6. The fourth-order valence-corrected chi connectivity index (χ4v) is 2.31. The van der Waals surface area contributed by atoms with Crippen molar-refractivity contribution >= 4 is 5.91 Å². The van der Waals surface area contributed by atoms with Crippen molar-refractivity contribution in [3.63, 3.8) is 0 Å². The van der Waals surface area contributed by atoms with Crippen LogP contribution in [0.3, 0.4) is 0 Å². The van der Waals surface area contributed by atoms with Crippen molar-refractivity contribution in [2.45, 2.75) is 19.9 Å². The van der Waals surface area contributed by atoms with Crippen LogP contribution in [0, 0.1) is 0 Å². The van der Waals surface area contributed by atoms with Gasteiger partial charge in [0.1, 0.15) is 5.69 Å². The molecule has 0 saturated heterocycles. The highest BCUT2D eigenvalue weighted by Crippen LogP contribution is 2.22. The molecule has 5 nitrogen and oxygen atoms in total. The van der Waals surface area contributed by atoms with E-state index in [-0.39, 0.29) is 17.6 Å². The molecule has 1 amide bonds. The van der Waals surface area contributed by atoms with Gasteiger partial charge in [-0.1, -0.05) is 60.7 Å². The third kappa shape index (κ3) is 3.46. The van der Waals surface area contributed by atoms with Gasteiger partial charge < -0.3 is 5.32 Å². The molecule has 0 unspecified atom stereocenters. The van der Waals surface area contributed by atoms with E-state index >= 15 is 0 Å². The maximum absolute atomic E-state index is 12.6. The van der Waals surface area contributed by atoms with Gasteiger partial charge in [-0.25, -0.2) is 4.98 Å². The highest BCUT2D eigenvalue weighted by molar-refractivity contribution is 5.98.